The van der Waals surface area contributed by atoms with E-state index in [1.165, 1.54) is 32.3 Å². The number of rotatable bonds is 8. The van der Waals surface area contributed by atoms with E-state index in [-0.39, 0.29) is 0 Å². The molecule has 34 heavy (non-hydrogen) atoms. The molecule has 0 saturated heterocycles. The Morgan fingerprint density at radius 2 is 0.618 bits per heavy atom. The highest BCUT2D eigenvalue weighted by Gasteiger charge is 2.17. The van der Waals surface area contributed by atoms with Gasteiger partial charge in [0, 0.05) is 12.3 Å². The van der Waals surface area contributed by atoms with Crippen molar-refractivity contribution >= 4 is 37.1 Å². The van der Waals surface area contributed by atoms with Crippen molar-refractivity contribution in [2.75, 3.05) is 0 Å². The summed E-state index contributed by atoms with van der Waals surface area (Å²) in [5.74, 6) is 0. The Hall–Kier alpha value is -3.04. The molecule has 0 saturated carbocycles. The first-order valence-corrected chi connectivity index (χ1v) is 14.8. The Balaban J connectivity index is 1.44. The van der Waals surface area contributed by atoms with E-state index in [0.29, 0.717) is 0 Å². The van der Waals surface area contributed by atoms with Crippen LogP contribution in [-0.4, -0.2) is 0 Å². The molecule has 5 rings (SSSR count). The summed E-state index contributed by atoms with van der Waals surface area (Å²) >= 11 is 0. The lowest BCUT2D eigenvalue weighted by molar-refractivity contribution is 1.32. The maximum atomic E-state index is 2.45. The van der Waals surface area contributed by atoms with E-state index in [2.05, 4.69) is 146 Å². The molecule has 0 nitrogen and oxygen atoms in total. The smallest absolute Gasteiger partial charge is 0.000753 e. The zero-order valence-corrected chi connectivity index (χ0v) is 21.0. The molecular weight excluding hydrogens is 446 g/mol. The van der Waals surface area contributed by atoms with Crippen LogP contribution in [0.4, 0.5) is 0 Å². The van der Waals surface area contributed by atoms with E-state index in [9.17, 15) is 0 Å². The molecule has 0 amide bonds. The molecule has 0 radical (unpaired) electrons. The number of benzene rings is 5. The van der Waals surface area contributed by atoms with E-state index in [0.717, 1.165) is 12.3 Å². The second-order valence-electron chi connectivity index (χ2n) is 8.33. The zero-order valence-electron chi connectivity index (χ0n) is 19.2. The van der Waals surface area contributed by atoms with Crippen molar-refractivity contribution in [3.05, 3.63) is 157 Å². The van der Waals surface area contributed by atoms with E-state index < -0.39 is 15.8 Å². The number of hydrogen-bond donors (Lipinski definition) is 0. The quantitative estimate of drug-likeness (QED) is 0.214. The van der Waals surface area contributed by atoms with Gasteiger partial charge in [-0.15, -0.1) is 0 Å². The van der Waals surface area contributed by atoms with Gasteiger partial charge in [-0.2, -0.15) is 0 Å². The van der Waals surface area contributed by atoms with E-state index in [1.54, 1.807) is 0 Å². The molecule has 0 aliphatic heterocycles. The molecule has 5 aromatic rings. The molecule has 0 heterocycles. The van der Waals surface area contributed by atoms with Crippen molar-refractivity contribution in [2.24, 2.45) is 0 Å². The van der Waals surface area contributed by atoms with Crippen LogP contribution < -0.4 is 21.2 Å². The van der Waals surface area contributed by atoms with Gasteiger partial charge < -0.3 is 0 Å². The average Bonchev–Trinajstić information content (AvgIpc) is 2.92. The fourth-order valence-corrected chi connectivity index (χ4v) is 8.86. The van der Waals surface area contributed by atoms with Gasteiger partial charge in [-0.25, -0.2) is 0 Å². The molecule has 0 fully saturated rings. The molecule has 0 bridgehead atoms. The largest absolute Gasteiger partial charge is 0.0622 e. The molecule has 0 atom stereocenters. The molecule has 5 aromatic carbocycles. The van der Waals surface area contributed by atoms with E-state index in [4.69, 9.17) is 0 Å². The third-order valence-electron chi connectivity index (χ3n) is 5.94. The van der Waals surface area contributed by atoms with Crippen LogP contribution in [0.5, 0.6) is 0 Å². The van der Waals surface area contributed by atoms with Gasteiger partial charge in [0.15, 0.2) is 0 Å². The highest BCUT2D eigenvalue weighted by Crippen LogP contribution is 2.40. The maximum absolute atomic E-state index is 2.45. The molecule has 0 N–H and O–H groups in total. The van der Waals surface area contributed by atoms with Crippen molar-refractivity contribution in [1.29, 1.82) is 0 Å². The molecule has 0 spiro atoms. The van der Waals surface area contributed by atoms with Crippen LogP contribution in [0.2, 0.25) is 0 Å². The summed E-state index contributed by atoms with van der Waals surface area (Å²) in [6.45, 7) is 0. The predicted molar refractivity (Wildman–Crippen MR) is 152 cm³/mol. The zero-order chi connectivity index (χ0) is 23.0. The standard InChI is InChI=1S/C32H28P2/c1-5-16-29(17-6-1)33(30-18-7-2-8-19-30)25-27-14-13-15-28(24-27)26-34(31-20-9-3-10-21-31)32-22-11-4-12-23-32/h1-24H,25-26H2. The van der Waals surface area contributed by atoms with Crippen molar-refractivity contribution < 1.29 is 0 Å². The highest BCUT2D eigenvalue weighted by molar-refractivity contribution is 7.72. The fraction of sp³-hybridized carbons (Fsp3) is 0.0625. The van der Waals surface area contributed by atoms with E-state index >= 15 is 0 Å². The minimum atomic E-state index is -0.442. The Morgan fingerprint density at radius 1 is 0.324 bits per heavy atom. The molecule has 0 unspecified atom stereocenters. The van der Waals surface area contributed by atoms with Crippen LogP contribution >= 0.6 is 15.8 Å². The van der Waals surface area contributed by atoms with Crippen LogP contribution in [0.3, 0.4) is 0 Å². The first kappa shape index (κ1) is 22.7. The van der Waals surface area contributed by atoms with Gasteiger partial charge in [0.2, 0.25) is 0 Å². The molecule has 0 aliphatic rings. The van der Waals surface area contributed by atoms with Gasteiger partial charge in [0.05, 0.1) is 0 Å². The molecule has 0 aromatic heterocycles. The summed E-state index contributed by atoms with van der Waals surface area (Å²) < 4.78 is 0. The lowest BCUT2D eigenvalue weighted by Gasteiger charge is -2.21. The number of hydrogen-bond acceptors (Lipinski definition) is 0. The Bertz CT molecular complexity index is 1110. The summed E-state index contributed by atoms with van der Waals surface area (Å²) in [5, 5.41) is 5.74. The lowest BCUT2D eigenvalue weighted by Crippen LogP contribution is -2.14. The van der Waals surface area contributed by atoms with Gasteiger partial charge in [-0.05, 0) is 48.2 Å². The van der Waals surface area contributed by atoms with Gasteiger partial charge in [0.1, 0.15) is 0 Å². The van der Waals surface area contributed by atoms with Crippen molar-refractivity contribution in [3.8, 4) is 0 Å². The van der Waals surface area contributed by atoms with Crippen molar-refractivity contribution in [3.63, 3.8) is 0 Å². The van der Waals surface area contributed by atoms with Crippen LogP contribution in [0.15, 0.2) is 146 Å². The first-order valence-electron chi connectivity index (χ1n) is 11.7. The summed E-state index contributed by atoms with van der Waals surface area (Å²) in [4.78, 5) is 0. The maximum Gasteiger partial charge on any atom is 0.000753 e. The Kier molecular flexibility index (Phi) is 7.62. The SMILES string of the molecule is c1ccc(P(Cc2cccc(CP(c3ccccc3)c3ccccc3)c2)c2ccccc2)cc1. The van der Waals surface area contributed by atoms with Gasteiger partial charge in [-0.1, -0.05) is 146 Å². The summed E-state index contributed by atoms with van der Waals surface area (Å²) in [5.41, 5.74) is 2.85. The first-order chi connectivity index (χ1) is 16.9. The van der Waals surface area contributed by atoms with Gasteiger partial charge >= 0.3 is 0 Å². The van der Waals surface area contributed by atoms with Crippen LogP contribution in [0.25, 0.3) is 0 Å². The van der Waals surface area contributed by atoms with Gasteiger partial charge in [-0.3, -0.25) is 0 Å². The van der Waals surface area contributed by atoms with Crippen molar-refractivity contribution in [1.82, 2.24) is 0 Å². The van der Waals surface area contributed by atoms with E-state index in [1.807, 2.05) is 0 Å². The summed E-state index contributed by atoms with van der Waals surface area (Å²) in [6, 6.07) is 53.3. The van der Waals surface area contributed by atoms with Crippen LogP contribution in [0, 0.1) is 0 Å². The minimum Gasteiger partial charge on any atom is -0.0622 e. The molecule has 166 valence electrons. The Labute approximate surface area is 205 Å². The third kappa shape index (κ3) is 5.71. The summed E-state index contributed by atoms with van der Waals surface area (Å²) in [7, 11) is -0.884. The minimum absolute atomic E-state index is 0.442. The highest BCUT2D eigenvalue weighted by atomic mass is 31.1. The molecular formula is C32H28P2. The van der Waals surface area contributed by atoms with Crippen molar-refractivity contribution in [2.45, 2.75) is 12.3 Å². The summed E-state index contributed by atoms with van der Waals surface area (Å²) in [6.07, 6.45) is 2.12. The fourth-order valence-electron chi connectivity index (χ4n) is 4.29. The predicted octanol–water partition coefficient (Wildman–Crippen LogP) is 6.95. The Morgan fingerprint density at radius 3 is 0.912 bits per heavy atom. The normalized spacial score (nSPS) is 11.1. The second-order valence-corrected chi connectivity index (χ2v) is 12.7. The molecule has 2 heteroatoms. The second kappa shape index (κ2) is 11.4. The average molecular weight is 475 g/mol. The van der Waals surface area contributed by atoms with Crippen LogP contribution in [-0.2, 0) is 12.3 Å². The monoisotopic (exact) mass is 474 g/mol. The lowest BCUT2D eigenvalue weighted by atomic mass is 10.2. The molecule has 0 aliphatic carbocycles. The van der Waals surface area contributed by atoms with Crippen LogP contribution in [0.1, 0.15) is 11.1 Å². The topological polar surface area (TPSA) is 0 Å². The van der Waals surface area contributed by atoms with Gasteiger partial charge in [0.25, 0.3) is 0 Å². The third-order valence-corrected chi connectivity index (χ3v) is 11.0.